The van der Waals surface area contributed by atoms with E-state index >= 15 is 0 Å². The molecule has 1 aromatic carbocycles. The number of rotatable bonds is 1. The highest BCUT2D eigenvalue weighted by atomic mass is 16.5. The van der Waals surface area contributed by atoms with Crippen molar-refractivity contribution in [2.45, 2.75) is 34.6 Å². The molecule has 0 saturated heterocycles. The normalized spacial score (nSPS) is 8.59. The number of aromatic nitrogens is 1. The molecule has 0 aliphatic heterocycles. The molecule has 94 valence electrons. The average molecular weight is 233 g/mol. The van der Waals surface area contributed by atoms with Crippen molar-refractivity contribution >= 4 is 10.8 Å². The Kier molecular flexibility index (Phi) is 7.78. The molecule has 17 heavy (non-hydrogen) atoms. The van der Waals surface area contributed by atoms with Gasteiger partial charge in [-0.3, -0.25) is 4.98 Å². The smallest absolute Gasteiger partial charge is 0.119 e. The van der Waals surface area contributed by atoms with Gasteiger partial charge in [-0.15, -0.1) is 0 Å². The average Bonchev–Trinajstić information content (AvgIpc) is 2.43. The van der Waals surface area contributed by atoms with Gasteiger partial charge in [-0.05, 0) is 36.1 Å². The van der Waals surface area contributed by atoms with Crippen molar-refractivity contribution in [1.29, 1.82) is 0 Å². The molecule has 0 atom stereocenters. The predicted octanol–water partition coefficient (Wildman–Crippen LogP) is 4.60. The van der Waals surface area contributed by atoms with E-state index in [0.717, 1.165) is 5.75 Å². The van der Waals surface area contributed by atoms with Crippen molar-refractivity contribution in [2.24, 2.45) is 0 Å². The maximum Gasteiger partial charge on any atom is 0.119 e. The lowest BCUT2D eigenvalue weighted by Gasteiger charge is -2.04. The maximum absolute atomic E-state index is 5.18. The molecule has 2 heteroatoms. The zero-order valence-electron chi connectivity index (χ0n) is 11.7. The maximum atomic E-state index is 5.18. The number of hydrogen-bond acceptors (Lipinski definition) is 2. The second-order valence-corrected chi connectivity index (χ2v) is 3.04. The summed E-state index contributed by atoms with van der Waals surface area (Å²) in [6, 6.07) is 6.03. The van der Waals surface area contributed by atoms with Gasteiger partial charge in [0.1, 0.15) is 5.75 Å². The summed E-state index contributed by atoms with van der Waals surface area (Å²) in [5.74, 6) is 0.899. The molecule has 0 spiro atoms. The van der Waals surface area contributed by atoms with Crippen LogP contribution in [0.4, 0.5) is 0 Å². The van der Waals surface area contributed by atoms with Crippen LogP contribution in [0.15, 0.2) is 30.6 Å². The highest BCUT2D eigenvalue weighted by molar-refractivity contribution is 5.86. The van der Waals surface area contributed by atoms with Crippen LogP contribution in [0, 0.1) is 6.92 Å². The first-order valence-electron chi connectivity index (χ1n) is 6.19. The van der Waals surface area contributed by atoms with Gasteiger partial charge in [-0.2, -0.15) is 0 Å². The van der Waals surface area contributed by atoms with E-state index < -0.39 is 0 Å². The van der Waals surface area contributed by atoms with Crippen LogP contribution in [-0.2, 0) is 0 Å². The van der Waals surface area contributed by atoms with Crippen molar-refractivity contribution in [3.63, 3.8) is 0 Å². The number of fused-ring (bicyclic) bond motifs is 1. The Hall–Kier alpha value is -1.57. The van der Waals surface area contributed by atoms with Gasteiger partial charge < -0.3 is 4.74 Å². The standard InChI is InChI=1S/C11H11NO.2C2H6/c1-8-5-10(13-2)6-9-3-4-12-7-11(8)9;2*1-2/h3-7H,1-2H3;2*1-2H3. The largest absolute Gasteiger partial charge is 0.497 e. The molecule has 0 N–H and O–H groups in total. The summed E-state index contributed by atoms with van der Waals surface area (Å²) in [4.78, 5) is 4.09. The van der Waals surface area contributed by atoms with Crippen LogP contribution in [-0.4, -0.2) is 12.1 Å². The lowest BCUT2D eigenvalue weighted by Crippen LogP contribution is -1.86. The molecular weight excluding hydrogens is 210 g/mol. The fourth-order valence-electron chi connectivity index (χ4n) is 1.46. The quantitative estimate of drug-likeness (QED) is 0.718. The molecule has 0 aliphatic rings. The van der Waals surface area contributed by atoms with Gasteiger partial charge in [0.05, 0.1) is 7.11 Å². The van der Waals surface area contributed by atoms with Crippen LogP contribution in [0.2, 0.25) is 0 Å². The Morgan fingerprint density at radius 2 is 1.71 bits per heavy atom. The van der Waals surface area contributed by atoms with E-state index in [1.54, 1.807) is 13.3 Å². The van der Waals surface area contributed by atoms with Gasteiger partial charge in [-0.25, -0.2) is 0 Å². The number of ether oxygens (including phenoxy) is 1. The summed E-state index contributed by atoms with van der Waals surface area (Å²) in [6.07, 6.45) is 3.67. The van der Waals surface area contributed by atoms with Crippen LogP contribution < -0.4 is 4.74 Å². The first kappa shape index (κ1) is 15.4. The molecular formula is C15H23NO. The fourth-order valence-corrected chi connectivity index (χ4v) is 1.46. The van der Waals surface area contributed by atoms with Crippen LogP contribution >= 0.6 is 0 Å². The second-order valence-electron chi connectivity index (χ2n) is 3.04. The molecule has 2 aromatic rings. The Bertz CT molecular complexity index is 438. The van der Waals surface area contributed by atoms with Crippen molar-refractivity contribution < 1.29 is 4.74 Å². The lowest BCUT2D eigenvalue weighted by atomic mass is 10.1. The number of benzene rings is 1. The molecule has 0 unspecified atom stereocenters. The van der Waals surface area contributed by atoms with Crippen molar-refractivity contribution in [3.8, 4) is 5.75 Å². The van der Waals surface area contributed by atoms with Crippen LogP contribution in [0.1, 0.15) is 33.3 Å². The van der Waals surface area contributed by atoms with Gasteiger partial charge in [0.2, 0.25) is 0 Å². The summed E-state index contributed by atoms with van der Waals surface area (Å²) in [6.45, 7) is 10.1. The first-order chi connectivity index (χ1) is 8.31. The minimum atomic E-state index is 0.899. The summed E-state index contributed by atoms with van der Waals surface area (Å²) in [5.41, 5.74) is 1.20. The first-order valence-corrected chi connectivity index (χ1v) is 6.19. The highest BCUT2D eigenvalue weighted by Crippen LogP contribution is 2.23. The number of pyridine rings is 1. The molecule has 0 amide bonds. The van der Waals surface area contributed by atoms with Gasteiger partial charge >= 0.3 is 0 Å². The fraction of sp³-hybridized carbons (Fsp3) is 0.400. The Morgan fingerprint density at radius 3 is 2.29 bits per heavy atom. The van der Waals surface area contributed by atoms with Crippen LogP contribution in [0.5, 0.6) is 5.75 Å². The number of aryl methyl sites for hydroxylation is 1. The molecule has 0 radical (unpaired) electrons. The second kappa shape index (κ2) is 8.57. The number of hydrogen-bond donors (Lipinski definition) is 0. The molecule has 2 rings (SSSR count). The highest BCUT2D eigenvalue weighted by Gasteiger charge is 1.99. The number of nitrogens with zero attached hydrogens (tertiary/aromatic N) is 1. The van der Waals surface area contributed by atoms with E-state index in [2.05, 4.69) is 11.9 Å². The predicted molar refractivity (Wildman–Crippen MR) is 75.7 cm³/mol. The SMILES string of the molecule is CC.CC.COc1cc(C)c2cnccc2c1. The van der Waals surface area contributed by atoms with Crippen molar-refractivity contribution in [2.75, 3.05) is 7.11 Å². The topological polar surface area (TPSA) is 22.1 Å². The molecule has 0 saturated carbocycles. The molecule has 0 aliphatic carbocycles. The van der Waals surface area contributed by atoms with E-state index in [1.165, 1.54) is 16.3 Å². The Morgan fingerprint density at radius 1 is 1.06 bits per heavy atom. The van der Waals surface area contributed by atoms with Crippen LogP contribution in [0.25, 0.3) is 10.8 Å². The van der Waals surface area contributed by atoms with Crippen molar-refractivity contribution in [1.82, 2.24) is 4.98 Å². The number of methoxy groups -OCH3 is 1. The molecule has 0 fully saturated rings. The third-order valence-corrected chi connectivity index (χ3v) is 2.17. The van der Waals surface area contributed by atoms with E-state index in [1.807, 2.05) is 52.1 Å². The van der Waals surface area contributed by atoms with Gasteiger partial charge in [0, 0.05) is 17.8 Å². The summed E-state index contributed by atoms with van der Waals surface area (Å²) >= 11 is 0. The van der Waals surface area contributed by atoms with E-state index in [-0.39, 0.29) is 0 Å². The Labute approximate surface area is 105 Å². The van der Waals surface area contributed by atoms with Gasteiger partial charge in [0.15, 0.2) is 0 Å². The monoisotopic (exact) mass is 233 g/mol. The van der Waals surface area contributed by atoms with Crippen LogP contribution in [0.3, 0.4) is 0 Å². The summed E-state index contributed by atoms with van der Waals surface area (Å²) in [7, 11) is 1.68. The summed E-state index contributed by atoms with van der Waals surface area (Å²) in [5, 5.41) is 2.36. The molecule has 1 heterocycles. The van der Waals surface area contributed by atoms with E-state index in [4.69, 9.17) is 4.74 Å². The zero-order chi connectivity index (χ0) is 13.3. The Balaban J connectivity index is 0.000000581. The van der Waals surface area contributed by atoms with Crippen molar-refractivity contribution in [3.05, 3.63) is 36.2 Å². The third kappa shape index (κ3) is 4.06. The molecule has 2 nitrogen and oxygen atoms in total. The zero-order valence-corrected chi connectivity index (χ0v) is 11.7. The summed E-state index contributed by atoms with van der Waals surface area (Å²) < 4.78 is 5.18. The van der Waals surface area contributed by atoms with E-state index in [9.17, 15) is 0 Å². The minimum absolute atomic E-state index is 0.899. The minimum Gasteiger partial charge on any atom is -0.497 e. The molecule has 0 bridgehead atoms. The molecule has 1 aromatic heterocycles. The van der Waals surface area contributed by atoms with Gasteiger partial charge in [-0.1, -0.05) is 27.7 Å². The van der Waals surface area contributed by atoms with Gasteiger partial charge in [0.25, 0.3) is 0 Å². The van der Waals surface area contributed by atoms with E-state index in [0.29, 0.717) is 0 Å². The lowest BCUT2D eigenvalue weighted by molar-refractivity contribution is 0.415. The third-order valence-electron chi connectivity index (χ3n) is 2.17.